The highest BCUT2D eigenvalue weighted by Gasteiger charge is 2.05. The van der Waals surface area contributed by atoms with Crippen molar-refractivity contribution in [3.05, 3.63) is 175 Å². The van der Waals surface area contributed by atoms with E-state index in [0.717, 1.165) is 43.8 Å². The lowest BCUT2D eigenvalue weighted by Gasteiger charge is -2.08. The second-order valence-corrected chi connectivity index (χ2v) is 11.1. The average molecular weight is 652 g/mol. The normalized spacial score (nSPS) is 10.4. The fourth-order valence-corrected chi connectivity index (χ4v) is 5.23. The van der Waals surface area contributed by atoms with Gasteiger partial charge in [0.25, 0.3) is 0 Å². The molecule has 0 saturated carbocycles. The third-order valence-corrected chi connectivity index (χ3v) is 7.58. The smallest absolute Gasteiger partial charge is 0.0639 e. The molecule has 4 aromatic carbocycles. The molecule has 0 unspecified atom stereocenters. The fourth-order valence-electron chi connectivity index (χ4n) is 4.93. The van der Waals surface area contributed by atoms with Gasteiger partial charge in [-0.3, -0.25) is 9.97 Å². The van der Waals surface area contributed by atoms with Crippen molar-refractivity contribution in [2.45, 2.75) is 0 Å². The lowest BCUT2D eigenvalue weighted by atomic mass is 10.2. The van der Waals surface area contributed by atoms with Gasteiger partial charge in [0.1, 0.15) is 0 Å². The maximum absolute atomic E-state index is 5.75. The van der Waals surface area contributed by atoms with Crippen LogP contribution in [0.2, 0.25) is 0 Å². The zero-order valence-electron chi connectivity index (χ0n) is 24.4. The number of halogens is 1. The molecule has 6 nitrogen and oxygen atoms in total. The Morgan fingerprint density at radius 1 is 0.533 bits per heavy atom. The molecule has 0 amide bonds. The molecule has 4 aromatic heterocycles. The third-order valence-electron chi connectivity index (χ3n) is 7.05. The standard InChI is InChI=1S/C19H15N3.C13H11N3.C6H5Br/c1-2-5-16(6-3-1)21-17-8-9-19-15(13-17)10-12-22(19)18-7-4-11-20-14-18;14-11-3-4-13-10(8-11)5-7-16(13)12-2-1-6-15-9-12;7-6-4-2-1-3-5-6/h1-14,21H;1-9H,14H2;1-5H. The molecule has 0 aliphatic heterocycles. The number of pyridine rings is 2. The van der Waals surface area contributed by atoms with E-state index in [2.05, 4.69) is 95.1 Å². The molecule has 0 aliphatic carbocycles. The molecule has 0 radical (unpaired) electrons. The number of fused-ring (bicyclic) bond motifs is 2. The molecule has 3 N–H and O–H groups in total. The van der Waals surface area contributed by atoms with Crippen LogP contribution in [0.5, 0.6) is 0 Å². The van der Waals surface area contributed by atoms with Gasteiger partial charge in [0.2, 0.25) is 0 Å². The van der Waals surface area contributed by atoms with Crippen LogP contribution in [0.3, 0.4) is 0 Å². The summed E-state index contributed by atoms with van der Waals surface area (Å²) < 4.78 is 5.38. The Morgan fingerprint density at radius 3 is 1.62 bits per heavy atom. The predicted molar refractivity (Wildman–Crippen MR) is 190 cm³/mol. The molecule has 0 bridgehead atoms. The lowest BCUT2D eigenvalue weighted by Crippen LogP contribution is -1.93. The summed E-state index contributed by atoms with van der Waals surface area (Å²) in [6.07, 6.45) is 11.4. The van der Waals surface area contributed by atoms with Gasteiger partial charge in [-0.1, -0.05) is 52.3 Å². The molecule has 0 aliphatic rings. The van der Waals surface area contributed by atoms with E-state index in [0.29, 0.717) is 0 Å². The molecule has 0 saturated heterocycles. The number of nitrogens with one attached hydrogen (secondary N) is 1. The molecular weight excluding hydrogens is 620 g/mol. The van der Waals surface area contributed by atoms with Crippen molar-refractivity contribution >= 4 is 54.8 Å². The molecule has 0 fully saturated rings. The van der Waals surface area contributed by atoms with E-state index in [1.54, 1.807) is 12.4 Å². The molecule has 0 spiro atoms. The minimum absolute atomic E-state index is 0.788. The van der Waals surface area contributed by atoms with Crippen molar-refractivity contribution in [2.75, 3.05) is 11.1 Å². The van der Waals surface area contributed by atoms with Crippen LogP contribution >= 0.6 is 15.9 Å². The summed E-state index contributed by atoms with van der Waals surface area (Å²) in [5.41, 5.74) is 13.2. The number of benzene rings is 4. The lowest BCUT2D eigenvalue weighted by molar-refractivity contribution is 1.10. The van der Waals surface area contributed by atoms with E-state index in [1.165, 1.54) is 10.9 Å². The summed E-state index contributed by atoms with van der Waals surface area (Å²) in [6, 6.07) is 44.6. The van der Waals surface area contributed by atoms with E-state index >= 15 is 0 Å². The van der Waals surface area contributed by atoms with Gasteiger partial charge in [-0.2, -0.15) is 0 Å². The van der Waals surface area contributed by atoms with Crippen LogP contribution in [0.1, 0.15) is 0 Å². The molecule has 8 aromatic rings. The maximum atomic E-state index is 5.75. The molecule has 8 rings (SSSR count). The Labute approximate surface area is 270 Å². The SMILES string of the molecule is Brc1ccccc1.Nc1ccc2c(ccn2-c2cccnc2)c1.c1ccc(Nc2ccc3c(ccn3-c3cccnc3)c2)cc1. The molecule has 45 heavy (non-hydrogen) atoms. The van der Waals surface area contributed by atoms with E-state index in [-0.39, 0.29) is 0 Å². The van der Waals surface area contributed by atoms with Crippen LogP contribution in [0.4, 0.5) is 17.1 Å². The number of anilines is 3. The fraction of sp³-hybridized carbons (Fsp3) is 0. The highest BCUT2D eigenvalue weighted by molar-refractivity contribution is 9.10. The zero-order chi connectivity index (χ0) is 30.8. The second-order valence-electron chi connectivity index (χ2n) is 10.2. The van der Waals surface area contributed by atoms with Crippen LogP contribution in [-0.4, -0.2) is 19.1 Å². The van der Waals surface area contributed by atoms with Crippen molar-refractivity contribution < 1.29 is 0 Å². The number of para-hydroxylation sites is 1. The number of hydrogen-bond donors (Lipinski definition) is 2. The summed E-state index contributed by atoms with van der Waals surface area (Å²) in [4.78, 5) is 8.31. The average Bonchev–Trinajstić information content (AvgIpc) is 3.71. The number of nitrogen functional groups attached to an aromatic ring is 1. The molecule has 4 heterocycles. The topological polar surface area (TPSA) is 73.7 Å². The molecule has 7 heteroatoms. The van der Waals surface area contributed by atoms with Gasteiger partial charge in [-0.05, 0) is 97.1 Å². The first-order valence-electron chi connectivity index (χ1n) is 14.5. The maximum Gasteiger partial charge on any atom is 0.0639 e. The largest absolute Gasteiger partial charge is 0.399 e. The van der Waals surface area contributed by atoms with E-state index in [9.17, 15) is 0 Å². The summed E-state index contributed by atoms with van der Waals surface area (Å²) in [7, 11) is 0. The Balaban J connectivity index is 0.000000135. The summed E-state index contributed by atoms with van der Waals surface area (Å²) >= 11 is 3.31. The van der Waals surface area contributed by atoms with E-state index in [4.69, 9.17) is 5.73 Å². The van der Waals surface area contributed by atoms with Crippen LogP contribution in [0.15, 0.2) is 175 Å². The van der Waals surface area contributed by atoms with E-state index < -0.39 is 0 Å². The molecule has 0 atom stereocenters. The first-order valence-corrected chi connectivity index (χ1v) is 15.2. The summed E-state index contributed by atoms with van der Waals surface area (Å²) in [5.74, 6) is 0. The second kappa shape index (κ2) is 14.2. The molecular formula is C38H31BrN6. The third kappa shape index (κ3) is 7.47. The first kappa shape index (κ1) is 29.4. The summed E-state index contributed by atoms with van der Waals surface area (Å²) in [6.45, 7) is 0. The van der Waals surface area contributed by atoms with Gasteiger partial charge < -0.3 is 20.2 Å². The van der Waals surface area contributed by atoms with Crippen molar-refractivity contribution in [2.24, 2.45) is 0 Å². The minimum Gasteiger partial charge on any atom is -0.399 e. The van der Waals surface area contributed by atoms with Crippen LogP contribution < -0.4 is 11.1 Å². The zero-order valence-corrected chi connectivity index (χ0v) is 26.0. The predicted octanol–water partition coefficient (Wildman–Crippen LogP) is 9.83. The number of hydrogen-bond acceptors (Lipinski definition) is 4. The van der Waals surface area contributed by atoms with Crippen LogP contribution in [0, 0.1) is 0 Å². The van der Waals surface area contributed by atoms with Gasteiger partial charge in [-0.15, -0.1) is 0 Å². The van der Waals surface area contributed by atoms with Gasteiger partial charge in [0, 0.05) is 57.1 Å². The van der Waals surface area contributed by atoms with Crippen molar-refractivity contribution in [1.82, 2.24) is 19.1 Å². The number of rotatable bonds is 4. The van der Waals surface area contributed by atoms with Crippen LogP contribution in [0.25, 0.3) is 33.2 Å². The highest BCUT2D eigenvalue weighted by Crippen LogP contribution is 2.25. The first-order chi connectivity index (χ1) is 22.1. The molecule has 220 valence electrons. The van der Waals surface area contributed by atoms with Crippen molar-refractivity contribution in [3.8, 4) is 11.4 Å². The van der Waals surface area contributed by atoms with Gasteiger partial charge in [0.05, 0.1) is 34.8 Å². The number of nitrogens with zero attached hydrogens (tertiary/aromatic N) is 4. The minimum atomic E-state index is 0.788. The van der Waals surface area contributed by atoms with Gasteiger partial charge in [-0.25, -0.2) is 0 Å². The van der Waals surface area contributed by atoms with Crippen LogP contribution in [-0.2, 0) is 0 Å². The van der Waals surface area contributed by atoms with Crippen molar-refractivity contribution in [3.63, 3.8) is 0 Å². The quantitative estimate of drug-likeness (QED) is 0.186. The number of aromatic nitrogens is 4. The van der Waals surface area contributed by atoms with Crippen molar-refractivity contribution in [1.29, 1.82) is 0 Å². The highest BCUT2D eigenvalue weighted by atomic mass is 79.9. The Hall–Kier alpha value is -5.66. The Kier molecular flexibility index (Phi) is 9.29. The van der Waals surface area contributed by atoms with Gasteiger partial charge >= 0.3 is 0 Å². The Bertz CT molecular complexity index is 2090. The monoisotopic (exact) mass is 650 g/mol. The number of nitrogens with two attached hydrogens (primary N) is 1. The Morgan fingerprint density at radius 2 is 1.09 bits per heavy atom. The van der Waals surface area contributed by atoms with E-state index in [1.807, 2.05) is 104 Å². The summed E-state index contributed by atoms with van der Waals surface area (Å²) in [5, 5.41) is 5.76. The van der Waals surface area contributed by atoms with Gasteiger partial charge in [0.15, 0.2) is 0 Å².